The third kappa shape index (κ3) is 6.57. The summed E-state index contributed by atoms with van der Waals surface area (Å²) in [5.41, 5.74) is 8.55. The number of fused-ring (bicyclic) bond motifs is 5. The zero-order chi connectivity index (χ0) is 26.3. The Hall–Kier alpha value is 0.170. The maximum atomic E-state index is 12.6. The summed E-state index contributed by atoms with van der Waals surface area (Å²) in [5.74, 6) is 5.39. The van der Waals surface area contributed by atoms with Crippen molar-refractivity contribution in [2.75, 3.05) is 0 Å². The number of allylic oxidation sites excluding steroid dienone is 1. The van der Waals surface area contributed by atoms with Crippen molar-refractivity contribution in [1.29, 1.82) is 0 Å². The molecule has 0 bridgehead atoms. The van der Waals surface area contributed by atoms with Gasteiger partial charge in [0.2, 0.25) is 0 Å². The van der Waals surface area contributed by atoms with E-state index in [-0.39, 0.29) is 41.6 Å². The number of nitrogens with two attached hydrogens (primary N) is 1. The number of carbonyl (C=O) groups excluding carboxylic acids is 1. The molecule has 0 aliphatic heterocycles. The quantitative estimate of drug-likeness (QED) is 0.192. The van der Waals surface area contributed by atoms with Crippen molar-refractivity contribution in [2.24, 2.45) is 58.0 Å². The van der Waals surface area contributed by atoms with Crippen LogP contribution in [0.2, 0.25) is 0 Å². The van der Waals surface area contributed by atoms with E-state index in [0.717, 1.165) is 54.8 Å². The second-order valence-electron chi connectivity index (χ2n) is 14.8. The van der Waals surface area contributed by atoms with Crippen LogP contribution in [0.4, 0.5) is 0 Å². The zero-order valence-electron chi connectivity index (χ0n) is 24.7. The van der Waals surface area contributed by atoms with Crippen LogP contribution in [0.3, 0.4) is 0 Å². The van der Waals surface area contributed by atoms with Gasteiger partial charge in [-0.25, -0.2) is 0 Å². The summed E-state index contributed by atoms with van der Waals surface area (Å²) in [4.78, 5) is 12.6. The van der Waals surface area contributed by atoms with Crippen LogP contribution in [0.5, 0.6) is 0 Å². The van der Waals surface area contributed by atoms with Crippen molar-refractivity contribution in [3.63, 3.8) is 0 Å². The van der Waals surface area contributed by atoms with Crippen molar-refractivity contribution in [3.8, 4) is 0 Å². The van der Waals surface area contributed by atoms with E-state index in [1.807, 2.05) is 0 Å². The molecule has 0 saturated heterocycles. The van der Waals surface area contributed by atoms with Gasteiger partial charge in [0.25, 0.3) is 0 Å². The van der Waals surface area contributed by atoms with Crippen LogP contribution < -0.4 is 5.73 Å². The predicted molar refractivity (Wildman–Crippen MR) is 158 cm³/mol. The first-order chi connectivity index (χ1) is 17.0. The number of ether oxygens (including phenoxy) is 1. The Labute approximate surface area is 251 Å². The molecule has 3 nitrogen and oxygen atoms in total. The van der Waals surface area contributed by atoms with Gasteiger partial charge in [-0.1, -0.05) is 79.4 Å². The Morgan fingerprint density at radius 3 is 2.41 bits per heavy atom. The standard InChI is InChI=1S/C33H57NO2.Na.H/c1-21(2)9-8-10-23(5)27-13-14-28-26-12-11-24-20-25(36-31(35)30(34)19-22(3)4)15-17-32(24,6)29(26)16-18-33(27,28)7;;/h11,21-23,25-30H,8-10,12-20,34H2,1-7H3;;/t23-,25+,26+,27-,28+,29+,30+,32+,33-;;/m1../s1. The van der Waals surface area contributed by atoms with E-state index in [1.54, 1.807) is 5.57 Å². The third-order valence-electron chi connectivity index (χ3n) is 11.6. The molecule has 4 aliphatic rings. The van der Waals surface area contributed by atoms with Gasteiger partial charge in [0, 0.05) is 6.42 Å². The molecule has 0 aromatic heterocycles. The van der Waals surface area contributed by atoms with Crippen molar-refractivity contribution in [3.05, 3.63) is 11.6 Å². The molecule has 3 saturated carbocycles. The molecule has 208 valence electrons. The predicted octanol–water partition coefficient (Wildman–Crippen LogP) is 7.66. The number of esters is 1. The number of carbonyl (C=O) groups is 1. The molecule has 0 spiro atoms. The van der Waals surface area contributed by atoms with E-state index in [0.29, 0.717) is 23.2 Å². The second kappa shape index (κ2) is 12.8. The molecule has 0 amide bonds. The fourth-order valence-corrected chi connectivity index (χ4v) is 9.61. The number of hydrogen-bond acceptors (Lipinski definition) is 3. The summed E-state index contributed by atoms with van der Waals surface area (Å²) < 4.78 is 5.95. The van der Waals surface area contributed by atoms with Crippen LogP contribution >= 0.6 is 0 Å². The molecule has 0 unspecified atom stereocenters. The van der Waals surface area contributed by atoms with Crippen molar-refractivity contribution in [1.82, 2.24) is 0 Å². The van der Waals surface area contributed by atoms with Crippen molar-refractivity contribution >= 4 is 35.5 Å². The first kappa shape index (κ1) is 31.7. The van der Waals surface area contributed by atoms with Gasteiger partial charge in [-0.3, -0.25) is 4.79 Å². The molecule has 3 fully saturated rings. The van der Waals surface area contributed by atoms with Crippen LogP contribution in [-0.4, -0.2) is 47.7 Å². The SMILES string of the molecule is CC(C)CCC[C@@H](C)[C@H]1CC[C@H]2[C@@H]3CC=C4C[C@@H](OC(=O)[C@@H](N)CC(C)C)CC[C@]4(C)[C@H]3CC[C@]12C.[NaH]. The Bertz CT molecular complexity index is 808. The van der Waals surface area contributed by atoms with Crippen LogP contribution in [0, 0.1) is 52.3 Å². The van der Waals surface area contributed by atoms with E-state index < -0.39 is 6.04 Å². The number of hydrogen-bond donors (Lipinski definition) is 1. The molecule has 4 heteroatoms. The summed E-state index contributed by atoms with van der Waals surface area (Å²) in [6, 6.07) is -0.484. The topological polar surface area (TPSA) is 52.3 Å². The minimum atomic E-state index is -0.484. The zero-order valence-corrected chi connectivity index (χ0v) is 24.7. The van der Waals surface area contributed by atoms with Crippen molar-refractivity contribution in [2.45, 2.75) is 138 Å². The van der Waals surface area contributed by atoms with Crippen LogP contribution in [0.15, 0.2) is 11.6 Å². The summed E-state index contributed by atoms with van der Waals surface area (Å²) in [6.45, 7) is 16.8. The van der Waals surface area contributed by atoms with Gasteiger partial charge in [-0.15, -0.1) is 0 Å². The van der Waals surface area contributed by atoms with Crippen LogP contribution in [-0.2, 0) is 9.53 Å². The van der Waals surface area contributed by atoms with Crippen molar-refractivity contribution < 1.29 is 9.53 Å². The Kier molecular flexibility index (Phi) is 10.9. The molecule has 0 aromatic rings. The first-order valence-electron chi connectivity index (χ1n) is 15.6. The van der Waals surface area contributed by atoms with E-state index in [1.165, 1.54) is 51.4 Å². The van der Waals surface area contributed by atoms with Crippen LogP contribution in [0.1, 0.15) is 126 Å². The van der Waals surface area contributed by atoms with Gasteiger partial charge < -0.3 is 10.5 Å². The number of rotatable bonds is 9. The minimum absolute atomic E-state index is 0. The average Bonchev–Trinajstić information content (AvgIpc) is 3.15. The molecular weight excluding hydrogens is 465 g/mol. The second-order valence-corrected chi connectivity index (χ2v) is 14.8. The van der Waals surface area contributed by atoms with E-state index in [2.05, 4.69) is 54.5 Å². The normalized spacial score (nSPS) is 38.6. The fourth-order valence-electron chi connectivity index (χ4n) is 9.61. The first-order valence-corrected chi connectivity index (χ1v) is 15.6. The van der Waals surface area contributed by atoms with E-state index >= 15 is 0 Å². The Morgan fingerprint density at radius 1 is 1.00 bits per heavy atom. The summed E-state index contributed by atoms with van der Waals surface area (Å²) in [7, 11) is 0. The fraction of sp³-hybridized carbons (Fsp3) is 0.909. The molecule has 0 aromatic carbocycles. The monoisotopic (exact) mass is 523 g/mol. The Balaban J connectivity index is 0.00000380. The summed E-state index contributed by atoms with van der Waals surface area (Å²) >= 11 is 0. The molecule has 2 N–H and O–H groups in total. The van der Waals surface area contributed by atoms with E-state index in [9.17, 15) is 4.79 Å². The Morgan fingerprint density at radius 2 is 1.73 bits per heavy atom. The molecule has 4 aliphatic carbocycles. The molecule has 9 atom stereocenters. The molecule has 4 rings (SSSR count). The maximum absolute atomic E-state index is 12.6. The van der Waals surface area contributed by atoms with Gasteiger partial charge in [-0.05, 0) is 104 Å². The van der Waals surface area contributed by atoms with Gasteiger partial charge >= 0.3 is 35.5 Å². The van der Waals surface area contributed by atoms with Gasteiger partial charge in [0.1, 0.15) is 12.1 Å². The molecular formula is C33H58NNaO2. The summed E-state index contributed by atoms with van der Waals surface area (Å²) in [6.07, 6.45) is 17.6. The molecule has 37 heavy (non-hydrogen) atoms. The molecule has 0 radical (unpaired) electrons. The summed E-state index contributed by atoms with van der Waals surface area (Å²) in [5, 5.41) is 0. The molecule has 0 heterocycles. The van der Waals surface area contributed by atoms with Gasteiger partial charge in [-0.2, -0.15) is 0 Å². The van der Waals surface area contributed by atoms with Gasteiger partial charge in [0.15, 0.2) is 0 Å². The third-order valence-corrected chi connectivity index (χ3v) is 11.6. The van der Waals surface area contributed by atoms with Gasteiger partial charge in [0.05, 0.1) is 0 Å². The average molecular weight is 524 g/mol. The van der Waals surface area contributed by atoms with Crippen LogP contribution in [0.25, 0.3) is 0 Å². The van der Waals surface area contributed by atoms with E-state index in [4.69, 9.17) is 10.5 Å².